The van der Waals surface area contributed by atoms with Crippen LogP contribution >= 0.6 is 11.3 Å². The van der Waals surface area contributed by atoms with Gasteiger partial charge < -0.3 is 4.74 Å². The fourth-order valence-corrected chi connectivity index (χ4v) is 6.01. The van der Waals surface area contributed by atoms with Gasteiger partial charge >= 0.3 is 5.97 Å². The van der Waals surface area contributed by atoms with Gasteiger partial charge in [-0.2, -0.15) is 9.41 Å². The molecular weight excluding hydrogens is 484 g/mol. The molecule has 0 aliphatic carbocycles. The Bertz CT molecular complexity index is 1300. The number of piperidine rings is 1. The zero-order valence-corrected chi connectivity index (χ0v) is 21.3. The number of nitrogens with one attached hydrogen (secondary N) is 1. The maximum atomic E-state index is 13.2. The van der Waals surface area contributed by atoms with Crippen molar-refractivity contribution in [3.8, 4) is 11.3 Å². The highest BCUT2D eigenvalue weighted by Crippen LogP contribution is 2.29. The number of aromatic nitrogens is 1. The lowest BCUT2D eigenvalue weighted by molar-refractivity contribution is -0.149. The molecule has 2 heterocycles. The first-order valence-corrected chi connectivity index (χ1v) is 13.8. The summed E-state index contributed by atoms with van der Waals surface area (Å²) in [6.45, 7) is 4.71. The quantitative estimate of drug-likeness (QED) is 0.270. The maximum absolute atomic E-state index is 13.2. The third-order valence-corrected chi connectivity index (χ3v) is 8.44. The zero-order valence-electron chi connectivity index (χ0n) is 19.7. The number of rotatable bonds is 8. The summed E-state index contributed by atoms with van der Waals surface area (Å²) in [5.74, 6) is -0.495. The van der Waals surface area contributed by atoms with E-state index in [1.54, 1.807) is 31.3 Å². The van der Waals surface area contributed by atoms with E-state index in [2.05, 4.69) is 15.5 Å². The molecule has 1 N–H and O–H groups in total. The summed E-state index contributed by atoms with van der Waals surface area (Å²) in [7, 11) is -3.68. The lowest BCUT2D eigenvalue weighted by atomic mass is 9.98. The summed E-state index contributed by atoms with van der Waals surface area (Å²) in [5.41, 5.74) is 6.47. The molecule has 0 saturated carbocycles. The Kier molecular flexibility index (Phi) is 7.94. The highest BCUT2D eigenvalue weighted by Gasteiger charge is 2.32. The predicted octanol–water partition coefficient (Wildman–Crippen LogP) is 4.53. The molecule has 0 spiro atoms. The second-order valence-electron chi connectivity index (χ2n) is 8.28. The van der Waals surface area contributed by atoms with E-state index in [0.717, 1.165) is 5.56 Å². The minimum Gasteiger partial charge on any atom is -0.466 e. The van der Waals surface area contributed by atoms with Gasteiger partial charge in [-0.1, -0.05) is 42.0 Å². The monoisotopic (exact) mass is 512 g/mol. The molecule has 1 fully saturated rings. The van der Waals surface area contributed by atoms with E-state index in [1.807, 2.05) is 42.6 Å². The number of hydrogen-bond acceptors (Lipinski definition) is 8. The average Bonchev–Trinajstić information content (AvgIpc) is 3.34. The molecule has 2 aromatic carbocycles. The van der Waals surface area contributed by atoms with Crippen LogP contribution < -0.4 is 5.43 Å². The molecule has 0 radical (unpaired) electrons. The van der Waals surface area contributed by atoms with Gasteiger partial charge in [-0.15, -0.1) is 11.3 Å². The lowest BCUT2D eigenvalue weighted by Crippen LogP contribution is -2.40. The molecule has 10 heteroatoms. The smallest absolute Gasteiger partial charge is 0.309 e. The second-order valence-corrected chi connectivity index (χ2v) is 11.1. The maximum Gasteiger partial charge on any atom is 0.309 e. The number of carbonyl (C=O) groups is 1. The number of aryl methyl sites for hydroxylation is 1. The second kappa shape index (κ2) is 11.1. The van der Waals surface area contributed by atoms with E-state index < -0.39 is 10.0 Å². The molecule has 1 saturated heterocycles. The molecule has 0 atom stereocenters. The van der Waals surface area contributed by atoms with Crippen LogP contribution in [0.3, 0.4) is 0 Å². The van der Waals surface area contributed by atoms with Gasteiger partial charge in [0.05, 0.1) is 29.3 Å². The molecule has 1 aromatic heterocycles. The predicted molar refractivity (Wildman–Crippen MR) is 138 cm³/mol. The fourth-order valence-electron chi connectivity index (χ4n) is 3.83. The Morgan fingerprint density at radius 3 is 2.69 bits per heavy atom. The third-order valence-electron chi connectivity index (χ3n) is 5.80. The number of ether oxygens (including phenoxy) is 1. The van der Waals surface area contributed by atoms with Gasteiger partial charge in [-0.05, 0) is 44.4 Å². The summed E-state index contributed by atoms with van der Waals surface area (Å²) < 4.78 is 33.0. The van der Waals surface area contributed by atoms with Gasteiger partial charge in [-0.3, -0.25) is 10.2 Å². The van der Waals surface area contributed by atoms with E-state index in [1.165, 1.54) is 21.2 Å². The van der Waals surface area contributed by atoms with Crippen LogP contribution in [0.2, 0.25) is 0 Å². The molecule has 35 heavy (non-hydrogen) atoms. The van der Waals surface area contributed by atoms with Crippen LogP contribution in [0.1, 0.15) is 30.9 Å². The molecule has 1 aliphatic rings. The SMILES string of the molecule is CCOC(=O)C1CCN(S(=O)(=O)c2cccc(-c3csc(N/N=C/c4ccc(C)cc4)n3)c2)CC1. The molecule has 0 amide bonds. The number of anilines is 1. The third kappa shape index (κ3) is 6.14. The zero-order chi connectivity index (χ0) is 24.8. The van der Waals surface area contributed by atoms with Crippen LogP contribution in [-0.2, 0) is 19.6 Å². The molecule has 0 unspecified atom stereocenters. The van der Waals surface area contributed by atoms with E-state index in [9.17, 15) is 13.2 Å². The summed E-state index contributed by atoms with van der Waals surface area (Å²) in [6.07, 6.45) is 2.64. The first kappa shape index (κ1) is 25.0. The van der Waals surface area contributed by atoms with Crippen molar-refractivity contribution in [3.05, 3.63) is 65.0 Å². The Morgan fingerprint density at radius 1 is 1.23 bits per heavy atom. The largest absolute Gasteiger partial charge is 0.466 e. The number of hydrazone groups is 1. The molecule has 4 rings (SSSR count). The van der Waals surface area contributed by atoms with Gasteiger partial charge in [0, 0.05) is 24.0 Å². The summed E-state index contributed by atoms with van der Waals surface area (Å²) in [6, 6.07) is 14.8. The lowest BCUT2D eigenvalue weighted by Gasteiger charge is -2.30. The van der Waals surface area contributed by atoms with Crippen LogP contribution in [0.25, 0.3) is 11.3 Å². The van der Waals surface area contributed by atoms with E-state index in [0.29, 0.717) is 48.9 Å². The molecule has 8 nitrogen and oxygen atoms in total. The van der Waals surface area contributed by atoms with Crippen molar-refractivity contribution in [3.63, 3.8) is 0 Å². The minimum absolute atomic E-state index is 0.212. The van der Waals surface area contributed by atoms with Gasteiger partial charge in [0.15, 0.2) is 0 Å². The van der Waals surface area contributed by atoms with Crippen molar-refractivity contribution < 1.29 is 17.9 Å². The molecule has 184 valence electrons. The Balaban J connectivity index is 1.42. The molecule has 3 aromatic rings. The number of sulfonamides is 1. The summed E-state index contributed by atoms with van der Waals surface area (Å²) in [5, 5.41) is 6.70. The average molecular weight is 513 g/mol. The van der Waals surface area contributed by atoms with Gasteiger partial charge in [0.1, 0.15) is 0 Å². The van der Waals surface area contributed by atoms with Crippen LogP contribution in [0.4, 0.5) is 5.13 Å². The van der Waals surface area contributed by atoms with Crippen LogP contribution in [0, 0.1) is 12.8 Å². The van der Waals surface area contributed by atoms with Crippen molar-refractivity contribution >= 4 is 38.7 Å². The Morgan fingerprint density at radius 2 is 1.97 bits per heavy atom. The molecular formula is C25H28N4O4S2. The fraction of sp³-hybridized carbons (Fsp3) is 0.320. The van der Waals surface area contributed by atoms with E-state index in [-0.39, 0.29) is 16.8 Å². The number of hydrogen-bond donors (Lipinski definition) is 1. The standard InChI is InChI=1S/C25H28N4O4S2/c1-3-33-24(30)20-11-13-29(14-12-20)35(31,32)22-6-4-5-21(15-22)23-17-34-25(27-23)28-26-16-19-9-7-18(2)8-10-19/h4-10,15-17,20H,3,11-14H2,1-2H3,(H,27,28)/b26-16+. The Labute approximate surface area is 209 Å². The first-order chi connectivity index (χ1) is 16.9. The van der Waals surface area contributed by atoms with Gasteiger partial charge in [0.2, 0.25) is 15.2 Å². The highest BCUT2D eigenvalue weighted by atomic mass is 32.2. The number of nitrogens with zero attached hydrogens (tertiary/aromatic N) is 3. The minimum atomic E-state index is -3.68. The Hall–Kier alpha value is -3.08. The van der Waals surface area contributed by atoms with Crippen LogP contribution in [0.15, 0.2) is 63.9 Å². The molecule has 1 aliphatic heterocycles. The van der Waals surface area contributed by atoms with E-state index >= 15 is 0 Å². The van der Waals surface area contributed by atoms with Gasteiger partial charge in [-0.25, -0.2) is 13.4 Å². The number of esters is 1. The van der Waals surface area contributed by atoms with Crippen molar-refractivity contribution in [1.82, 2.24) is 9.29 Å². The van der Waals surface area contributed by atoms with Crippen molar-refractivity contribution in [2.75, 3.05) is 25.1 Å². The van der Waals surface area contributed by atoms with Crippen molar-refractivity contribution in [2.24, 2.45) is 11.0 Å². The normalized spacial score (nSPS) is 15.4. The van der Waals surface area contributed by atoms with Crippen LogP contribution in [-0.4, -0.2) is 49.6 Å². The van der Waals surface area contributed by atoms with Crippen LogP contribution in [0.5, 0.6) is 0 Å². The van der Waals surface area contributed by atoms with E-state index in [4.69, 9.17) is 4.74 Å². The first-order valence-electron chi connectivity index (χ1n) is 11.5. The number of carbonyl (C=O) groups excluding carboxylic acids is 1. The number of thiazole rings is 1. The summed E-state index contributed by atoms with van der Waals surface area (Å²) in [4.78, 5) is 16.7. The van der Waals surface area contributed by atoms with Gasteiger partial charge in [0.25, 0.3) is 0 Å². The summed E-state index contributed by atoms with van der Waals surface area (Å²) >= 11 is 1.39. The van der Waals surface area contributed by atoms with Crippen molar-refractivity contribution in [1.29, 1.82) is 0 Å². The molecule has 0 bridgehead atoms. The topological polar surface area (TPSA) is 101 Å². The van der Waals surface area contributed by atoms with Crippen molar-refractivity contribution in [2.45, 2.75) is 31.6 Å². The number of benzene rings is 2. The highest BCUT2D eigenvalue weighted by molar-refractivity contribution is 7.89.